The van der Waals surface area contributed by atoms with Crippen molar-refractivity contribution in [3.63, 3.8) is 0 Å². The van der Waals surface area contributed by atoms with Crippen molar-refractivity contribution in [3.05, 3.63) is 11.8 Å². The lowest BCUT2D eigenvalue weighted by atomic mass is 9.51. The maximum Gasteiger partial charge on any atom is 0.186 e. The normalized spacial score (nSPS) is 39.3. The van der Waals surface area contributed by atoms with Gasteiger partial charge in [0.25, 0.3) is 0 Å². The van der Waals surface area contributed by atoms with Gasteiger partial charge in [-0.1, -0.05) is 76.2 Å². The first-order valence-electron chi connectivity index (χ1n) is 12.2. The maximum atomic E-state index is 12.7. The summed E-state index contributed by atoms with van der Waals surface area (Å²) in [6.45, 7) is 16.4. The van der Waals surface area contributed by atoms with Crippen LogP contribution in [0.2, 0.25) is 0 Å². The summed E-state index contributed by atoms with van der Waals surface area (Å²) in [5.41, 5.74) is 0.879. The number of hydrogen-bond donors (Lipinski definition) is 1. The number of rotatable bonds is 2. The minimum atomic E-state index is -0.189. The number of allylic oxidation sites excluding steroid dienone is 1. The van der Waals surface area contributed by atoms with E-state index in [1.807, 2.05) is 27.7 Å². The van der Waals surface area contributed by atoms with Crippen LogP contribution in [0.15, 0.2) is 11.8 Å². The Morgan fingerprint density at radius 1 is 1.09 bits per heavy atom. The summed E-state index contributed by atoms with van der Waals surface area (Å²) in [4.78, 5) is 24.2. The topological polar surface area (TPSA) is 54.4 Å². The smallest absolute Gasteiger partial charge is 0.186 e. The van der Waals surface area contributed by atoms with Crippen molar-refractivity contribution >= 4 is 38.6 Å². The van der Waals surface area contributed by atoms with Crippen LogP contribution in [-0.2, 0) is 9.59 Å². The lowest BCUT2D eigenvalue weighted by molar-refractivity contribution is -0.130. The standard InChI is InChI=1S/C21H31BrO3S.2C2H6.C2H2/c1-12-16(6-8-21(4)17(12)10-18(22)19(21)25)20(3)7-5-15(26-13(2)24)9-14(20)11-23;3*1-2/h11-12,15-18,23H,5-10H2,1-4H3;2*1-2H3;1-2H/b14-11-;;;/t12?,15-,16?,17?,18+,20-,21-;;;/m0.../s1. The maximum absolute atomic E-state index is 12.7. The van der Waals surface area contributed by atoms with Crippen molar-refractivity contribution in [3.8, 4) is 12.8 Å². The van der Waals surface area contributed by atoms with Gasteiger partial charge in [-0.05, 0) is 67.3 Å². The lowest BCUT2D eigenvalue weighted by Crippen LogP contribution is -2.47. The Morgan fingerprint density at radius 3 is 2.12 bits per heavy atom. The van der Waals surface area contributed by atoms with Gasteiger partial charge in [0, 0.05) is 17.6 Å². The van der Waals surface area contributed by atoms with E-state index in [9.17, 15) is 14.7 Å². The number of halogens is 1. The van der Waals surface area contributed by atoms with Gasteiger partial charge in [0.1, 0.15) is 0 Å². The quantitative estimate of drug-likeness (QED) is 0.224. The summed E-state index contributed by atoms with van der Waals surface area (Å²) in [7, 11) is 0. The van der Waals surface area contributed by atoms with Gasteiger partial charge in [-0.15, -0.1) is 12.8 Å². The molecule has 3 rings (SSSR count). The molecule has 32 heavy (non-hydrogen) atoms. The largest absolute Gasteiger partial charge is 0.516 e. The zero-order chi connectivity index (χ0) is 25.3. The van der Waals surface area contributed by atoms with Gasteiger partial charge in [0.2, 0.25) is 0 Å². The van der Waals surface area contributed by atoms with Crippen molar-refractivity contribution in [1.29, 1.82) is 0 Å². The molecule has 184 valence electrons. The van der Waals surface area contributed by atoms with E-state index in [-0.39, 0.29) is 26.0 Å². The van der Waals surface area contributed by atoms with Crippen molar-refractivity contribution in [2.24, 2.45) is 28.6 Å². The third-order valence-electron chi connectivity index (χ3n) is 7.84. The molecule has 0 aromatic rings. The highest BCUT2D eigenvalue weighted by molar-refractivity contribution is 9.10. The van der Waals surface area contributed by atoms with E-state index in [2.05, 4.69) is 49.5 Å². The van der Waals surface area contributed by atoms with E-state index in [0.29, 0.717) is 23.5 Å². The van der Waals surface area contributed by atoms with Crippen LogP contribution >= 0.6 is 27.7 Å². The van der Waals surface area contributed by atoms with Gasteiger partial charge in [0.05, 0.1) is 11.1 Å². The number of carbonyl (C=O) groups excluding carboxylic acids is 2. The summed E-state index contributed by atoms with van der Waals surface area (Å²) in [5, 5.41) is 10.4. The molecule has 3 aliphatic rings. The predicted octanol–water partition coefficient (Wildman–Crippen LogP) is 7.97. The first-order chi connectivity index (χ1) is 15.1. The number of terminal acetylenes is 1. The van der Waals surface area contributed by atoms with Crippen LogP contribution in [0.5, 0.6) is 0 Å². The van der Waals surface area contributed by atoms with Gasteiger partial charge in [-0.2, -0.15) is 0 Å². The molecule has 0 radical (unpaired) electrons. The van der Waals surface area contributed by atoms with E-state index in [1.54, 1.807) is 6.92 Å². The molecule has 7 atom stereocenters. The highest BCUT2D eigenvalue weighted by Crippen LogP contribution is 2.62. The van der Waals surface area contributed by atoms with Crippen molar-refractivity contribution in [2.75, 3.05) is 0 Å². The number of thioether (sulfide) groups is 1. The molecule has 0 saturated heterocycles. The Balaban J connectivity index is 0.00000148. The van der Waals surface area contributed by atoms with E-state index in [1.165, 1.54) is 18.0 Å². The highest BCUT2D eigenvalue weighted by Gasteiger charge is 2.58. The molecule has 3 unspecified atom stereocenters. The summed E-state index contributed by atoms with van der Waals surface area (Å²) in [6, 6.07) is 0. The summed E-state index contributed by atoms with van der Waals surface area (Å²) < 4.78 is 0. The molecule has 0 amide bonds. The van der Waals surface area contributed by atoms with E-state index < -0.39 is 0 Å². The van der Waals surface area contributed by atoms with E-state index in [4.69, 9.17) is 0 Å². The number of hydrogen-bond acceptors (Lipinski definition) is 4. The van der Waals surface area contributed by atoms with Gasteiger partial charge in [-0.3, -0.25) is 9.59 Å². The van der Waals surface area contributed by atoms with Gasteiger partial charge in [0.15, 0.2) is 10.9 Å². The zero-order valence-electron chi connectivity index (χ0n) is 21.4. The molecule has 3 nitrogen and oxygen atoms in total. The van der Waals surface area contributed by atoms with Gasteiger partial charge < -0.3 is 5.11 Å². The Kier molecular flexibility index (Phi) is 13.5. The molecule has 3 fully saturated rings. The number of Topliss-reactive ketones (excluding diaryl/α,β-unsaturated/α-hetero) is 1. The van der Waals surface area contributed by atoms with Crippen molar-refractivity contribution in [1.82, 2.24) is 0 Å². The Hall–Kier alpha value is -0.730. The zero-order valence-corrected chi connectivity index (χ0v) is 23.8. The molecular weight excluding hydrogens is 484 g/mol. The van der Waals surface area contributed by atoms with Gasteiger partial charge >= 0.3 is 0 Å². The Bertz CT molecular complexity index is 673. The van der Waals surface area contributed by atoms with Crippen LogP contribution in [-0.4, -0.2) is 26.1 Å². The second kappa shape index (κ2) is 13.9. The SMILES string of the molecule is C#C.CC.CC.CC(=O)S[C@H]1CC[C@](C)(C2CC[C@]3(C)C(=O)[C@H](Br)CC3C2C)/C(=C\O)C1. The first-order valence-corrected chi connectivity index (χ1v) is 14.0. The van der Waals surface area contributed by atoms with Crippen LogP contribution in [0.4, 0.5) is 0 Å². The molecule has 0 aromatic carbocycles. The molecule has 5 heteroatoms. The fourth-order valence-corrected chi connectivity index (χ4v) is 8.19. The number of aliphatic hydroxyl groups is 1. The van der Waals surface area contributed by atoms with Crippen LogP contribution < -0.4 is 0 Å². The third kappa shape index (κ3) is 6.23. The van der Waals surface area contributed by atoms with Crippen LogP contribution in [0.1, 0.15) is 93.9 Å². The Morgan fingerprint density at radius 2 is 1.62 bits per heavy atom. The average molecular weight is 530 g/mol. The van der Waals surface area contributed by atoms with Crippen LogP contribution in [0.3, 0.4) is 0 Å². The number of ketones is 1. The minimum absolute atomic E-state index is 0.00191. The second-order valence-corrected chi connectivity index (χ2v) is 11.7. The fraction of sp³-hybridized carbons (Fsp3) is 0.778. The second-order valence-electron chi connectivity index (χ2n) is 9.14. The lowest BCUT2D eigenvalue weighted by Gasteiger charge is -2.53. The molecule has 3 aliphatic carbocycles. The fourth-order valence-electron chi connectivity index (χ4n) is 6.29. The minimum Gasteiger partial charge on any atom is -0.516 e. The average Bonchev–Trinajstić information content (AvgIpc) is 3.03. The number of aliphatic hydroxyl groups excluding tert-OH is 1. The molecule has 0 spiro atoms. The monoisotopic (exact) mass is 528 g/mol. The van der Waals surface area contributed by atoms with Crippen molar-refractivity contribution in [2.45, 2.75) is 104 Å². The molecule has 3 saturated carbocycles. The molecule has 0 aromatic heterocycles. The molecule has 1 N–H and O–H groups in total. The summed E-state index contributed by atoms with van der Waals surface area (Å²) in [6.07, 6.45) is 15.1. The summed E-state index contributed by atoms with van der Waals surface area (Å²) in [5.74, 6) is 1.74. The number of carbonyl (C=O) groups is 2. The van der Waals surface area contributed by atoms with Crippen LogP contribution in [0, 0.1) is 41.4 Å². The number of fused-ring (bicyclic) bond motifs is 1. The number of alkyl halides is 1. The molecular formula is C27H45BrO3S. The highest BCUT2D eigenvalue weighted by atomic mass is 79.9. The van der Waals surface area contributed by atoms with Crippen LogP contribution in [0.25, 0.3) is 0 Å². The molecule has 0 heterocycles. The Labute approximate surface area is 210 Å². The first kappa shape index (κ1) is 31.3. The summed E-state index contributed by atoms with van der Waals surface area (Å²) >= 11 is 5.02. The van der Waals surface area contributed by atoms with E-state index >= 15 is 0 Å². The third-order valence-corrected chi connectivity index (χ3v) is 9.70. The van der Waals surface area contributed by atoms with E-state index in [0.717, 1.165) is 44.1 Å². The molecule has 0 bridgehead atoms. The molecule has 0 aliphatic heterocycles. The van der Waals surface area contributed by atoms with Gasteiger partial charge in [-0.25, -0.2) is 0 Å². The van der Waals surface area contributed by atoms with Crippen molar-refractivity contribution < 1.29 is 14.7 Å². The predicted molar refractivity (Wildman–Crippen MR) is 143 cm³/mol.